The molecule has 39 heavy (non-hydrogen) atoms. The molecular weight excluding hydrogens is 508 g/mol. The summed E-state index contributed by atoms with van der Waals surface area (Å²) in [5, 5.41) is 3.93. The lowest BCUT2D eigenvalue weighted by Crippen LogP contribution is -2.46. The van der Waals surface area contributed by atoms with Crippen molar-refractivity contribution in [3.05, 3.63) is 46.6 Å². The quantitative estimate of drug-likeness (QED) is 0.433. The number of likely N-dealkylation sites (tertiary alicyclic amines) is 2. The zero-order valence-corrected chi connectivity index (χ0v) is 24.3. The first kappa shape index (κ1) is 27.5. The Balaban J connectivity index is 1.34. The van der Waals surface area contributed by atoms with Crippen molar-refractivity contribution in [3.63, 3.8) is 0 Å². The Labute approximate surface area is 235 Å². The third-order valence-corrected chi connectivity index (χ3v) is 9.56. The summed E-state index contributed by atoms with van der Waals surface area (Å²) in [5.41, 5.74) is 9.54. The smallest absolute Gasteiger partial charge is 0.313 e. The Morgan fingerprint density at radius 1 is 1.21 bits per heavy atom. The number of nitrogens with two attached hydrogens (primary N) is 1. The van der Waals surface area contributed by atoms with Crippen LogP contribution in [0.25, 0.3) is 10.2 Å². The maximum absolute atomic E-state index is 13.5. The Morgan fingerprint density at radius 2 is 1.97 bits per heavy atom. The van der Waals surface area contributed by atoms with E-state index in [4.69, 9.17) is 10.7 Å². The van der Waals surface area contributed by atoms with Crippen molar-refractivity contribution in [2.24, 2.45) is 11.3 Å². The van der Waals surface area contributed by atoms with Crippen molar-refractivity contribution in [2.75, 3.05) is 37.7 Å². The fraction of sp³-hybridized carbons (Fsp3) is 0.533. The van der Waals surface area contributed by atoms with Crippen molar-refractivity contribution in [2.45, 2.75) is 65.3 Å². The van der Waals surface area contributed by atoms with Crippen LogP contribution in [-0.2, 0) is 22.4 Å². The second-order valence-electron chi connectivity index (χ2n) is 11.9. The lowest BCUT2D eigenvalue weighted by molar-refractivity contribution is -0.146. The van der Waals surface area contributed by atoms with Gasteiger partial charge in [0.15, 0.2) is 0 Å². The number of amides is 2. The molecule has 3 aromatic rings. The van der Waals surface area contributed by atoms with Gasteiger partial charge in [-0.05, 0) is 92.9 Å². The lowest BCUT2D eigenvalue weighted by atomic mass is 9.78. The number of nitrogens with one attached hydrogen (secondary N) is 1. The highest BCUT2D eigenvalue weighted by Gasteiger charge is 2.35. The topological polar surface area (TPSA) is 104 Å². The minimum Gasteiger partial charge on any atom is -0.383 e. The number of rotatable bonds is 5. The number of nitrogen functional groups attached to an aromatic ring is 1. The second kappa shape index (κ2) is 11.2. The molecule has 2 saturated heterocycles. The van der Waals surface area contributed by atoms with E-state index in [-0.39, 0.29) is 11.5 Å². The van der Waals surface area contributed by atoms with Crippen LogP contribution in [0.4, 0.5) is 11.5 Å². The van der Waals surface area contributed by atoms with Gasteiger partial charge in [0.05, 0.1) is 33.2 Å². The summed E-state index contributed by atoms with van der Waals surface area (Å²) in [6.45, 7) is 9.31. The van der Waals surface area contributed by atoms with E-state index in [2.05, 4.69) is 54.3 Å². The normalized spacial score (nSPS) is 21.7. The van der Waals surface area contributed by atoms with Crippen LogP contribution in [0, 0.1) is 11.3 Å². The molecule has 2 aliphatic rings. The fourth-order valence-corrected chi connectivity index (χ4v) is 7.05. The van der Waals surface area contributed by atoms with Crippen LogP contribution in [0.1, 0.15) is 68.6 Å². The lowest BCUT2D eigenvalue weighted by Gasteiger charge is -2.38. The zero-order chi connectivity index (χ0) is 27.7. The van der Waals surface area contributed by atoms with Crippen LogP contribution in [-0.4, -0.2) is 58.3 Å². The number of carbonyl (C=O) groups excluding carboxylic acids is 2. The molecule has 0 radical (unpaired) electrons. The number of aryl methyl sites for hydroxylation is 1. The molecule has 2 amide bonds. The maximum atomic E-state index is 13.5. The van der Waals surface area contributed by atoms with E-state index in [1.165, 1.54) is 28.7 Å². The molecular formula is C30H40N6O2S. The molecule has 0 spiro atoms. The van der Waals surface area contributed by atoms with Gasteiger partial charge in [-0.3, -0.25) is 9.59 Å². The van der Waals surface area contributed by atoms with Crippen molar-refractivity contribution in [3.8, 4) is 0 Å². The number of carbonyl (C=O) groups is 2. The Kier molecular flexibility index (Phi) is 7.91. The summed E-state index contributed by atoms with van der Waals surface area (Å²) < 4.78 is 1.17. The van der Waals surface area contributed by atoms with Crippen molar-refractivity contribution in [1.82, 2.24) is 19.8 Å². The molecule has 0 unspecified atom stereocenters. The number of aromatic nitrogens is 2. The minimum atomic E-state index is -0.647. The minimum absolute atomic E-state index is 0.156. The molecule has 4 heterocycles. The number of piperidine rings is 2. The van der Waals surface area contributed by atoms with E-state index in [1.54, 1.807) is 22.3 Å². The predicted molar refractivity (Wildman–Crippen MR) is 158 cm³/mol. The number of hydrogen-bond acceptors (Lipinski definition) is 7. The zero-order valence-electron chi connectivity index (χ0n) is 23.5. The number of thiazole rings is 1. The first-order chi connectivity index (χ1) is 18.6. The summed E-state index contributed by atoms with van der Waals surface area (Å²) in [5.74, 6) is -0.401. The number of hydrogen-bond donors (Lipinski definition) is 2. The molecule has 0 bridgehead atoms. The highest BCUT2D eigenvalue weighted by atomic mass is 32.1. The van der Waals surface area contributed by atoms with Gasteiger partial charge in [0.2, 0.25) is 0 Å². The number of fused-ring (bicyclic) bond motifs is 1. The van der Waals surface area contributed by atoms with Crippen LogP contribution in [0.3, 0.4) is 0 Å². The van der Waals surface area contributed by atoms with Gasteiger partial charge >= 0.3 is 11.8 Å². The number of pyridine rings is 1. The largest absolute Gasteiger partial charge is 0.383 e. The summed E-state index contributed by atoms with van der Waals surface area (Å²) in [6.07, 6.45) is 7.39. The number of nitrogens with zero attached hydrogens (tertiary/aromatic N) is 4. The molecule has 3 N–H and O–H groups in total. The molecule has 2 aromatic heterocycles. The molecule has 208 valence electrons. The van der Waals surface area contributed by atoms with Gasteiger partial charge in [-0.15, -0.1) is 11.3 Å². The van der Waals surface area contributed by atoms with Crippen LogP contribution in [0.5, 0.6) is 0 Å². The van der Waals surface area contributed by atoms with Crippen LogP contribution < -0.4 is 11.1 Å². The number of benzene rings is 1. The number of anilines is 2. The Hall–Kier alpha value is -3.04. The maximum Gasteiger partial charge on any atom is 0.313 e. The fourth-order valence-electron chi connectivity index (χ4n) is 5.89. The standard InChI is InChI=1S/C30H40N6O2S/c1-5-20-14-22(17-32-27(20)31)33-28(37)29(38)36-18-19(2)6-8-24(36)21-7-9-25-23(15-21)34-26(39-25)16-30(3)10-12-35(4)13-11-30/h7,9,14-15,17,19,24H,5-6,8,10-13,16,18H2,1-4H3,(H2,31,32)(H,33,37)/t19-,24+/m0/s1. The van der Waals surface area contributed by atoms with E-state index in [0.29, 0.717) is 30.4 Å². The van der Waals surface area contributed by atoms with Crippen molar-refractivity contribution < 1.29 is 9.59 Å². The highest BCUT2D eigenvalue weighted by Crippen LogP contribution is 2.38. The average molecular weight is 549 g/mol. The van der Waals surface area contributed by atoms with Crippen molar-refractivity contribution in [1.29, 1.82) is 0 Å². The van der Waals surface area contributed by atoms with Gasteiger partial charge in [0, 0.05) is 13.0 Å². The van der Waals surface area contributed by atoms with E-state index in [1.807, 2.05) is 6.92 Å². The molecule has 8 nitrogen and oxygen atoms in total. The first-order valence-corrected chi connectivity index (χ1v) is 14.9. The monoisotopic (exact) mass is 548 g/mol. The summed E-state index contributed by atoms with van der Waals surface area (Å²) >= 11 is 1.78. The molecule has 1 aromatic carbocycles. The van der Waals surface area contributed by atoms with Gasteiger partial charge in [-0.2, -0.15) is 0 Å². The summed E-state index contributed by atoms with van der Waals surface area (Å²) in [7, 11) is 2.19. The van der Waals surface area contributed by atoms with Crippen LogP contribution in [0.2, 0.25) is 0 Å². The Bertz CT molecular complexity index is 1360. The van der Waals surface area contributed by atoms with Crippen LogP contribution in [0.15, 0.2) is 30.5 Å². The van der Waals surface area contributed by atoms with Gasteiger partial charge in [0.1, 0.15) is 5.82 Å². The van der Waals surface area contributed by atoms with E-state index in [9.17, 15) is 9.59 Å². The molecule has 2 fully saturated rings. The van der Waals surface area contributed by atoms with E-state index < -0.39 is 11.8 Å². The second-order valence-corrected chi connectivity index (χ2v) is 13.0. The first-order valence-electron chi connectivity index (χ1n) is 14.1. The SMILES string of the molecule is CCc1cc(NC(=O)C(=O)N2C[C@@H](C)CC[C@@H]2c2ccc3sc(CC4(C)CCN(C)CC4)nc3c2)cnc1N. The summed E-state index contributed by atoms with van der Waals surface area (Å²) in [4.78, 5) is 39.8. The van der Waals surface area contributed by atoms with E-state index in [0.717, 1.165) is 49.0 Å². The predicted octanol–water partition coefficient (Wildman–Crippen LogP) is 5.05. The van der Waals surface area contributed by atoms with Crippen LogP contribution >= 0.6 is 11.3 Å². The van der Waals surface area contributed by atoms with Gasteiger partial charge in [0.25, 0.3) is 0 Å². The molecule has 2 atom stereocenters. The third-order valence-electron chi connectivity index (χ3n) is 8.53. The van der Waals surface area contributed by atoms with Gasteiger partial charge < -0.3 is 20.9 Å². The molecule has 9 heteroatoms. The highest BCUT2D eigenvalue weighted by molar-refractivity contribution is 7.18. The molecule has 0 aliphatic carbocycles. The van der Waals surface area contributed by atoms with Gasteiger partial charge in [-0.1, -0.05) is 26.8 Å². The van der Waals surface area contributed by atoms with Gasteiger partial charge in [-0.25, -0.2) is 9.97 Å². The molecule has 5 rings (SSSR count). The van der Waals surface area contributed by atoms with Crippen molar-refractivity contribution >= 4 is 44.9 Å². The average Bonchev–Trinajstić information content (AvgIpc) is 3.32. The Morgan fingerprint density at radius 3 is 2.72 bits per heavy atom. The summed E-state index contributed by atoms with van der Waals surface area (Å²) in [6, 6.07) is 8.00. The van der Waals surface area contributed by atoms with E-state index >= 15 is 0 Å². The molecule has 2 aliphatic heterocycles. The molecule has 0 saturated carbocycles. The third kappa shape index (κ3) is 6.09.